The summed E-state index contributed by atoms with van der Waals surface area (Å²) < 4.78 is 16.9. The van der Waals surface area contributed by atoms with Gasteiger partial charge in [0.1, 0.15) is 16.9 Å². The van der Waals surface area contributed by atoms with E-state index in [0.717, 1.165) is 66.9 Å². The van der Waals surface area contributed by atoms with E-state index in [0.29, 0.717) is 22.4 Å². The topological polar surface area (TPSA) is 59.7 Å². The molecule has 4 heterocycles. The number of likely N-dealkylation sites (tertiary alicyclic amines) is 1. The lowest BCUT2D eigenvalue weighted by atomic mass is 9.92. The molecule has 1 aliphatic rings. The summed E-state index contributed by atoms with van der Waals surface area (Å²) in [7, 11) is 1.88. The number of halogens is 1. The third kappa shape index (κ3) is 3.67. The smallest absolute Gasteiger partial charge is 0.133 e. The number of fused-ring (bicyclic) bond motifs is 2. The molecular weight excluding hydrogens is 391 g/mol. The minimum Gasteiger partial charge on any atom is -0.304 e. The molecular formula is C24H27FN6. The lowest BCUT2D eigenvalue weighted by Gasteiger charge is -2.30. The maximum absolute atomic E-state index is 15.2. The van der Waals surface area contributed by atoms with Crippen LogP contribution < -0.4 is 0 Å². The summed E-state index contributed by atoms with van der Waals surface area (Å²) in [5.74, 6) is 0.0707. The highest BCUT2D eigenvalue weighted by atomic mass is 19.1. The molecule has 0 radical (unpaired) electrons. The van der Waals surface area contributed by atoms with Crippen LogP contribution in [0.2, 0.25) is 0 Å². The van der Waals surface area contributed by atoms with E-state index in [1.54, 1.807) is 10.7 Å². The first kappa shape index (κ1) is 20.0. The van der Waals surface area contributed by atoms with Gasteiger partial charge in [0, 0.05) is 23.9 Å². The molecule has 0 saturated carbocycles. The second kappa shape index (κ2) is 7.96. The Hall–Kier alpha value is -2.93. The van der Waals surface area contributed by atoms with Gasteiger partial charge in [-0.1, -0.05) is 13.8 Å². The van der Waals surface area contributed by atoms with Crippen LogP contribution in [0, 0.1) is 5.82 Å². The van der Waals surface area contributed by atoms with E-state index in [2.05, 4.69) is 34.0 Å². The summed E-state index contributed by atoms with van der Waals surface area (Å²) in [5, 5.41) is 13.9. The Morgan fingerprint density at radius 1 is 1.03 bits per heavy atom. The monoisotopic (exact) mass is 418 g/mol. The predicted molar refractivity (Wildman–Crippen MR) is 120 cm³/mol. The van der Waals surface area contributed by atoms with Crippen LogP contribution in [-0.2, 0) is 13.5 Å². The van der Waals surface area contributed by atoms with Gasteiger partial charge in [0.15, 0.2) is 0 Å². The van der Waals surface area contributed by atoms with Crippen molar-refractivity contribution in [2.75, 3.05) is 19.6 Å². The van der Waals surface area contributed by atoms with Gasteiger partial charge in [0.2, 0.25) is 0 Å². The Labute approximate surface area is 181 Å². The minimum atomic E-state index is -0.277. The molecule has 0 spiro atoms. The summed E-state index contributed by atoms with van der Waals surface area (Å²) in [6.07, 6.45) is 4.82. The number of aromatic nitrogens is 5. The van der Waals surface area contributed by atoms with Crippen LogP contribution >= 0.6 is 0 Å². The van der Waals surface area contributed by atoms with Crippen molar-refractivity contribution in [2.24, 2.45) is 7.05 Å². The third-order valence-corrected chi connectivity index (χ3v) is 6.47. The fraction of sp³-hybridized carbons (Fsp3) is 0.417. The lowest BCUT2D eigenvalue weighted by molar-refractivity contribution is 0.220. The van der Waals surface area contributed by atoms with E-state index in [-0.39, 0.29) is 5.82 Å². The maximum atomic E-state index is 15.2. The summed E-state index contributed by atoms with van der Waals surface area (Å²) in [4.78, 5) is 7.17. The standard InChI is InChI=1S/C24H27FN6/c1-4-15-11-20(26-23-14-30(3)29-24(15)23)17-10-19(25)18-13-21(27-28-22(18)12-17)16-6-8-31(5-2)9-7-16/h10-14,16H,4-9H2,1-3H3. The molecule has 3 aromatic heterocycles. The fourth-order valence-corrected chi connectivity index (χ4v) is 4.61. The normalized spacial score (nSPS) is 15.9. The zero-order valence-electron chi connectivity index (χ0n) is 18.3. The highest BCUT2D eigenvalue weighted by Gasteiger charge is 2.22. The number of benzene rings is 1. The Morgan fingerprint density at radius 3 is 2.58 bits per heavy atom. The molecule has 0 amide bonds. The number of piperidine rings is 1. The Kier molecular flexibility index (Phi) is 5.14. The molecule has 0 unspecified atom stereocenters. The van der Waals surface area contributed by atoms with Crippen LogP contribution in [-0.4, -0.2) is 49.5 Å². The average molecular weight is 419 g/mol. The summed E-state index contributed by atoms with van der Waals surface area (Å²) >= 11 is 0. The van der Waals surface area contributed by atoms with Crippen LogP contribution in [0.1, 0.15) is 43.9 Å². The number of nitrogens with zero attached hydrogens (tertiary/aromatic N) is 6. The highest BCUT2D eigenvalue weighted by Crippen LogP contribution is 2.31. The lowest BCUT2D eigenvalue weighted by Crippen LogP contribution is -2.32. The van der Waals surface area contributed by atoms with Gasteiger partial charge in [-0.25, -0.2) is 9.37 Å². The molecule has 0 atom stereocenters. The van der Waals surface area contributed by atoms with Crippen LogP contribution in [0.5, 0.6) is 0 Å². The summed E-state index contributed by atoms with van der Waals surface area (Å²) in [5.41, 5.74) is 5.72. The van der Waals surface area contributed by atoms with E-state index in [4.69, 9.17) is 4.98 Å². The van der Waals surface area contributed by atoms with E-state index >= 15 is 4.39 Å². The molecule has 0 bridgehead atoms. The molecule has 0 N–H and O–H groups in total. The van der Waals surface area contributed by atoms with Gasteiger partial charge < -0.3 is 4.90 Å². The second-order valence-electron chi connectivity index (χ2n) is 8.43. The van der Waals surface area contributed by atoms with Gasteiger partial charge in [0.25, 0.3) is 0 Å². The van der Waals surface area contributed by atoms with Gasteiger partial charge in [-0.2, -0.15) is 15.3 Å². The molecule has 31 heavy (non-hydrogen) atoms. The minimum absolute atomic E-state index is 0.277. The van der Waals surface area contributed by atoms with Gasteiger partial charge in [-0.3, -0.25) is 4.68 Å². The van der Waals surface area contributed by atoms with Crippen LogP contribution in [0.3, 0.4) is 0 Å². The first-order valence-electron chi connectivity index (χ1n) is 11.1. The second-order valence-corrected chi connectivity index (χ2v) is 8.43. The van der Waals surface area contributed by atoms with E-state index in [1.807, 2.05) is 31.4 Å². The quantitative estimate of drug-likeness (QED) is 0.489. The first-order chi connectivity index (χ1) is 15.1. The number of aryl methyl sites for hydroxylation is 2. The Morgan fingerprint density at radius 2 is 1.84 bits per heavy atom. The highest BCUT2D eigenvalue weighted by molar-refractivity contribution is 5.86. The van der Waals surface area contributed by atoms with Crippen molar-refractivity contribution < 1.29 is 4.39 Å². The SMILES string of the molecule is CCc1cc(-c2cc(F)c3cc(C4CCN(CC)CC4)nnc3c2)nc2cn(C)nc12. The van der Waals surface area contributed by atoms with E-state index < -0.39 is 0 Å². The van der Waals surface area contributed by atoms with Crippen molar-refractivity contribution in [1.29, 1.82) is 0 Å². The van der Waals surface area contributed by atoms with Crippen molar-refractivity contribution in [3.8, 4) is 11.3 Å². The largest absolute Gasteiger partial charge is 0.304 e. The molecule has 7 heteroatoms. The number of hydrogen-bond donors (Lipinski definition) is 0. The number of hydrogen-bond acceptors (Lipinski definition) is 5. The van der Waals surface area contributed by atoms with Crippen molar-refractivity contribution in [1.82, 2.24) is 29.9 Å². The maximum Gasteiger partial charge on any atom is 0.133 e. The zero-order valence-corrected chi connectivity index (χ0v) is 18.3. The van der Waals surface area contributed by atoms with Crippen molar-refractivity contribution in [3.05, 3.63) is 47.5 Å². The molecule has 5 rings (SSSR count). The number of rotatable bonds is 4. The average Bonchev–Trinajstić information content (AvgIpc) is 3.18. The molecule has 1 fully saturated rings. The zero-order chi connectivity index (χ0) is 21.5. The molecule has 6 nitrogen and oxygen atoms in total. The fourth-order valence-electron chi connectivity index (χ4n) is 4.61. The number of pyridine rings is 1. The molecule has 1 saturated heterocycles. The molecule has 0 aliphatic carbocycles. The Balaban J connectivity index is 1.52. The Bertz CT molecular complexity index is 1260. The molecule has 160 valence electrons. The third-order valence-electron chi connectivity index (χ3n) is 6.47. The summed E-state index contributed by atoms with van der Waals surface area (Å²) in [6.45, 7) is 7.47. The molecule has 1 aromatic carbocycles. The van der Waals surface area contributed by atoms with Gasteiger partial charge in [-0.15, -0.1) is 0 Å². The van der Waals surface area contributed by atoms with E-state index in [9.17, 15) is 0 Å². The summed E-state index contributed by atoms with van der Waals surface area (Å²) in [6, 6.07) is 7.35. The van der Waals surface area contributed by atoms with Crippen LogP contribution in [0.25, 0.3) is 33.2 Å². The molecule has 4 aromatic rings. The van der Waals surface area contributed by atoms with Crippen LogP contribution in [0.15, 0.2) is 30.5 Å². The predicted octanol–water partition coefficient (Wildman–Crippen LogP) is 4.48. The van der Waals surface area contributed by atoms with Gasteiger partial charge in [-0.05, 0) is 68.7 Å². The van der Waals surface area contributed by atoms with Crippen molar-refractivity contribution in [2.45, 2.75) is 39.0 Å². The van der Waals surface area contributed by atoms with Gasteiger partial charge in [0.05, 0.1) is 23.1 Å². The van der Waals surface area contributed by atoms with Crippen molar-refractivity contribution in [3.63, 3.8) is 0 Å². The molecule has 1 aliphatic heterocycles. The first-order valence-corrected chi connectivity index (χ1v) is 11.1. The van der Waals surface area contributed by atoms with E-state index in [1.165, 1.54) is 0 Å². The van der Waals surface area contributed by atoms with Crippen LogP contribution in [0.4, 0.5) is 4.39 Å². The van der Waals surface area contributed by atoms with Crippen molar-refractivity contribution >= 4 is 21.9 Å². The van der Waals surface area contributed by atoms with Gasteiger partial charge >= 0.3 is 0 Å².